The lowest BCUT2D eigenvalue weighted by Gasteiger charge is -2.06. The molecule has 0 aliphatic rings. The minimum atomic E-state index is 0.110. The van der Waals surface area contributed by atoms with E-state index < -0.39 is 0 Å². The van der Waals surface area contributed by atoms with Gasteiger partial charge in [-0.05, 0) is 22.8 Å². The van der Waals surface area contributed by atoms with Crippen molar-refractivity contribution >= 4 is 22.3 Å². The molecule has 0 radical (unpaired) electrons. The minimum Gasteiger partial charge on any atom is -0.299 e. The Morgan fingerprint density at radius 1 is 0.708 bits per heavy atom. The van der Waals surface area contributed by atoms with Crippen molar-refractivity contribution in [2.45, 2.75) is 25.7 Å². The average Bonchev–Trinajstić information content (AvgIpc) is 2.62. The highest BCUT2D eigenvalue weighted by molar-refractivity contribution is 6.08. The number of rotatable bonds is 7. The predicted octanol–water partition coefficient (Wildman–Crippen LogP) is 5.00. The maximum absolute atomic E-state index is 12.5. The summed E-state index contributed by atoms with van der Waals surface area (Å²) >= 11 is 0. The van der Waals surface area contributed by atoms with Gasteiger partial charge in [-0.25, -0.2) is 0 Å². The molecule has 0 aliphatic heterocycles. The lowest BCUT2D eigenvalue weighted by molar-refractivity contribution is -0.118. The monoisotopic (exact) mass is 316 g/mol. The van der Waals surface area contributed by atoms with Gasteiger partial charge in [0, 0.05) is 24.8 Å². The van der Waals surface area contributed by atoms with E-state index in [4.69, 9.17) is 0 Å². The maximum Gasteiger partial charge on any atom is 0.163 e. The van der Waals surface area contributed by atoms with Crippen LogP contribution in [0.1, 0.15) is 35.2 Å². The molecule has 0 saturated carbocycles. The standard InChI is InChI=1S/C22H20O2/c23-19(16-17-8-2-1-3-9-17)12-7-15-22(24)21-14-6-11-18-10-4-5-13-20(18)21/h1-6,8-11,13-14H,7,12,15-16H2. The van der Waals surface area contributed by atoms with Crippen LogP contribution in [0.3, 0.4) is 0 Å². The van der Waals surface area contributed by atoms with Crippen molar-refractivity contribution in [2.75, 3.05) is 0 Å². The van der Waals surface area contributed by atoms with Crippen molar-refractivity contribution in [2.24, 2.45) is 0 Å². The molecule has 0 atom stereocenters. The number of fused-ring (bicyclic) bond motifs is 1. The number of Topliss-reactive ketones (excluding diaryl/α,β-unsaturated/α-hetero) is 2. The van der Waals surface area contributed by atoms with E-state index in [1.807, 2.05) is 72.8 Å². The molecule has 2 nitrogen and oxygen atoms in total. The molecule has 0 heterocycles. The molecule has 0 spiro atoms. The second-order valence-corrected chi connectivity index (χ2v) is 6.00. The Balaban J connectivity index is 1.56. The Kier molecular flexibility index (Phi) is 5.17. The Hall–Kier alpha value is -2.74. The number of benzene rings is 3. The summed E-state index contributed by atoms with van der Waals surface area (Å²) in [7, 11) is 0. The molecule has 2 heteroatoms. The summed E-state index contributed by atoms with van der Waals surface area (Å²) < 4.78 is 0. The minimum absolute atomic E-state index is 0.110. The Bertz CT molecular complexity index is 845. The molecule has 0 unspecified atom stereocenters. The average molecular weight is 316 g/mol. The van der Waals surface area contributed by atoms with Gasteiger partial charge in [0.1, 0.15) is 5.78 Å². The van der Waals surface area contributed by atoms with E-state index in [0.717, 1.165) is 21.9 Å². The molecule has 3 aromatic rings. The number of carbonyl (C=O) groups is 2. The van der Waals surface area contributed by atoms with Gasteiger partial charge < -0.3 is 0 Å². The molecule has 0 aliphatic carbocycles. The number of carbonyl (C=O) groups excluding carboxylic acids is 2. The fourth-order valence-corrected chi connectivity index (χ4v) is 2.96. The Labute approximate surface area is 142 Å². The summed E-state index contributed by atoms with van der Waals surface area (Å²) in [6.45, 7) is 0. The van der Waals surface area contributed by atoms with E-state index in [2.05, 4.69) is 0 Å². The molecule has 0 amide bonds. The largest absolute Gasteiger partial charge is 0.299 e. The van der Waals surface area contributed by atoms with Crippen LogP contribution in [0.4, 0.5) is 0 Å². The molecule has 3 rings (SSSR count). The number of hydrogen-bond donors (Lipinski definition) is 0. The molecule has 24 heavy (non-hydrogen) atoms. The van der Waals surface area contributed by atoms with E-state index >= 15 is 0 Å². The smallest absolute Gasteiger partial charge is 0.163 e. The van der Waals surface area contributed by atoms with Crippen LogP contribution in [0.2, 0.25) is 0 Å². The van der Waals surface area contributed by atoms with E-state index in [-0.39, 0.29) is 11.6 Å². The Morgan fingerprint density at radius 2 is 1.42 bits per heavy atom. The molecule has 0 fully saturated rings. The lowest BCUT2D eigenvalue weighted by Crippen LogP contribution is -2.05. The first-order chi connectivity index (χ1) is 11.7. The normalized spacial score (nSPS) is 10.7. The molecule has 0 bridgehead atoms. The van der Waals surface area contributed by atoms with Crippen LogP contribution in [-0.4, -0.2) is 11.6 Å². The highest BCUT2D eigenvalue weighted by Gasteiger charge is 2.11. The lowest BCUT2D eigenvalue weighted by atomic mass is 9.97. The summed E-state index contributed by atoms with van der Waals surface area (Å²) in [5.41, 5.74) is 1.78. The molecular weight excluding hydrogens is 296 g/mol. The molecule has 0 saturated heterocycles. The van der Waals surface area contributed by atoms with E-state index in [1.54, 1.807) is 0 Å². The van der Waals surface area contributed by atoms with Crippen LogP contribution >= 0.6 is 0 Å². The van der Waals surface area contributed by atoms with Gasteiger partial charge in [0.05, 0.1) is 0 Å². The first-order valence-corrected chi connectivity index (χ1v) is 8.30. The van der Waals surface area contributed by atoms with Gasteiger partial charge in [-0.15, -0.1) is 0 Å². The molecule has 0 aromatic heterocycles. The van der Waals surface area contributed by atoms with Crippen molar-refractivity contribution in [3.05, 3.63) is 83.9 Å². The van der Waals surface area contributed by atoms with Crippen LogP contribution in [0, 0.1) is 0 Å². The van der Waals surface area contributed by atoms with Gasteiger partial charge in [-0.1, -0.05) is 72.8 Å². The highest BCUT2D eigenvalue weighted by atomic mass is 16.1. The zero-order valence-electron chi connectivity index (χ0n) is 13.6. The predicted molar refractivity (Wildman–Crippen MR) is 97.3 cm³/mol. The first-order valence-electron chi connectivity index (χ1n) is 8.30. The summed E-state index contributed by atoms with van der Waals surface area (Å²) in [4.78, 5) is 24.5. The first kappa shape index (κ1) is 16.1. The van der Waals surface area contributed by atoms with Gasteiger partial charge in [-0.2, -0.15) is 0 Å². The zero-order chi connectivity index (χ0) is 16.8. The van der Waals surface area contributed by atoms with Gasteiger partial charge in [0.15, 0.2) is 5.78 Å². The zero-order valence-corrected chi connectivity index (χ0v) is 13.6. The van der Waals surface area contributed by atoms with Gasteiger partial charge in [0.25, 0.3) is 0 Å². The summed E-state index contributed by atoms with van der Waals surface area (Å²) in [6.07, 6.45) is 1.91. The third kappa shape index (κ3) is 3.96. The SMILES string of the molecule is O=C(CCCC(=O)c1cccc2ccccc12)Cc1ccccc1. The fraction of sp³-hybridized carbons (Fsp3) is 0.182. The van der Waals surface area contributed by atoms with Gasteiger partial charge in [-0.3, -0.25) is 9.59 Å². The topological polar surface area (TPSA) is 34.1 Å². The fourth-order valence-electron chi connectivity index (χ4n) is 2.96. The third-order valence-corrected chi connectivity index (χ3v) is 4.19. The van der Waals surface area contributed by atoms with Crippen LogP contribution in [0.5, 0.6) is 0 Å². The van der Waals surface area contributed by atoms with E-state index in [0.29, 0.717) is 25.7 Å². The van der Waals surface area contributed by atoms with Gasteiger partial charge >= 0.3 is 0 Å². The maximum atomic E-state index is 12.5. The van der Waals surface area contributed by atoms with E-state index in [1.165, 1.54) is 0 Å². The molecule has 0 N–H and O–H groups in total. The van der Waals surface area contributed by atoms with Crippen LogP contribution in [-0.2, 0) is 11.2 Å². The summed E-state index contributed by atoms with van der Waals surface area (Å²) in [6, 6.07) is 23.4. The second-order valence-electron chi connectivity index (χ2n) is 6.00. The summed E-state index contributed by atoms with van der Waals surface area (Å²) in [5.74, 6) is 0.297. The molecule has 120 valence electrons. The number of hydrogen-bond acceptors (Lipinski definition) is 2. The van der Waals surface area contributed by atoms with E-state index in [9.17, 15) is 9.59 Å². The van der Waals surface area contributed by atoms with Gasteiger partial charge in [0.2, 0.25) is 0 Å². The van der Waals surface area contributed by atoms with Crippen LogP contribution in [0.15, 0.2) is 72.8 Å². The van der Waals surface area contributed by atoms with Crippen molar-refractivity contribution in [3.63, 3.8) is 0 Å². The van der Waals surface area contributed by atoms with Crippen molar-refractivity contribution < 1.29 is 9.59 Å². The van der Waals surface area contributed by atoms with Crippen LogP contribution < -0.4 is 0 Å². The van der Waals surface area contributed by atoms with Crippen molar-refractivity contribution in [1.29, 1.82) is 0 Å². The highest BCUT2D eigenvalue weighted by Crippen LogP contribution is 2.20. The van der Waals surface area contributed by atoms with Crippen molar-refractivity contribution in [3.8, 4) is 0 Å². The summed E-state index contributed by atoms with van der Waals surface area (Å²) in [5, 5.41) is 2.06. The Morgan fingerprint density at radius 3 is 2.25 bits per heavy atom. The number of ketones is 2. The molecule has 3 aromatic carbocycles. The van der Waals surface area contributed by atoms with Crippen molar-refractivity contribution in [1.82, 2.24) is 0 Å². The third-order valence-electron chi connectivity index (χ3n) is 4.19. The van der Waals surface area contributed by atoms with Crippen LogP contribution in [0.25, 0.3) is 10.8 Å². The quantitative estimate of drug-likeness (QED) is 0.575. The molecular formula is C22H20O2. The second kappa shape index (κ2) is 7.69.